The number of hydrogen-bond acceptors (Lipinski definition) is 1. The fourth-order valence-electron chi connectivity index (χ4n) is 1.82. The van der Waals surface area contributed by atoms with Gasteiger partial charge in [0.1, 0.15) is 11.5 Å². The molecule has 2 aromatic carbocycles. The molecule has 0 saturated carbocycles. The molecule has 2 heteroatoms. The van der Waals surface area contributed by atoms with Crippen LogP contribution in [0.4, 0.5) is 0 Å². The Morgan fingerprint density at radius 3 is 1.73 bits per heavy atom. The van der Waals surface area contributed by atoms with E-state index in [9.17, 15) is 0 Å². The van der Waals surface area contributed by atoms with Crippen molar-refractivity contribution in [1.29, 1.82) is 0 Å². The van der Waals surface area contributed by atoms with Gasteiger partial charge in [-0.1, -0.05) is 36.4 Å². The lowest BCUT2D eigenvalue weighted by Crippen LogP contribution is -2.01. The molecule has 0 atom stereocenters. The van der Waals surface area contributed by atoms with Crippen molar-refractivity contribution in [3.63, 3.8) is 0 Å². The summed E-state index contributed by atoms with van der Waals surface area (Å²) >= 11 is 0. The van der Waals surface area contributed by atoms with Gasteiger partial charge in [-0.15, -0.1) is 0 Å². The Bertz CT molecular complexity index is 390. The highest BCUT2D eigenvalue weighted by Crippen LogP contribution is 2.35. The average molecular weight is 200 g/mol. The van der Waals surface area contributed by atoms with E-state index in [1.165, 1.54) is 11.1 Å². The third kappa shape index (κ3) is 1.60. The third-order valence-corrected chi connectivity index (χ3v) is 2.55. The number of fused-ring (bicyclic) bond motifs is 2. The highest BCUT2D eigenvalue weighted by molar-refractivity contribution is 5.49. The molecule has 2 nitrogen and oxygen atoms in total. The molecule has 15 heavy (non-hydrogen) atoms. The van der Waals surface area contributed by atoms with E-state index in [1.807, 2.05) is 24.3 Å². The maximum absolute atomic E-state index is 5.78. The van der Waals surface area contributed by atoms with E-state index in [0.29, 0.717) is 0 Å². The van der Waals surface area contributed by atoms with E-state index in [2.05, 4.69) is 24.3 Å². The molecule has 1 heterocycles. The first-order chi connectivity index (χ1) is 6.93. The van der Waals surface area contributed by atoms with Crippen LogP contribution in [-0.4, -0.2) is 5.48 Å². The van der Waals surface area contributed by atoms with Crippen molar-refractivity contribution in [3.05, 3.63) is 59.7 Å². The summed E-state index contributed by atoms with van der Waals surface area (Å²) in [6.45, 7) is 0. The van der Waals surface area contributed by atoms with Crippen LogP contribution in [0.5, 0.6) is 11.5 Å². The first-order valence-corrected chi connectivity index (χ1v) is 4.77. The van der Waals surface area contributed by atoms with Crippen molar-refractivity contribution in [3.8, 4) is 11.5 Å². The fraction of sp³-hybridized carbons (Fsp3) is 0.0769. The van der Waals surface area contributed by atoms with Crippen molar-refractivity contribution in [1.82, 2.24) is 0 Å². The molecule has 0 unspecified atom stereocenters. The summed E-state index contributed by atoms with van der Waals surface area (Å²) < 4.78 is 5.78. The Labute approximate surface area is 88.4 Å². The van der Waals surface area contributed by atoms with E-state index < -0.39 is 0 Å². The lowest BCUT2D eigenvalue weighted by Gasteiger charge is -2.19. The van der Waals surface area contributed by atoms with Gasteiger partial charge in [0.25, 0.3) is 0 Å². The van der Waals surface area contributed by atoms with Crippen molar-refractivity contribution in [2.24, 2.45) is 0 Å². The molecule has 76 valence electrons. The normalized spacial score (nSPS) is 11.7. The van der Waals surface area contributed by atoms with Crippen LogP contribution in [0, 0.1) is 0 Å². The third-order valence-electron chi connectivity index (χ3n) is 2.55. The van der Waals surface area contributed by atoms with Gasteiger partial charge < -0.3 is 10.2 Å². The summed E-state index contributed by atoms with van der Waals surface area (Å²) in [5.41, 5.74) is 2.54. The van der Waals surface area contributed by atoms with Gasteiger partial charge in [0, 0.05) is 6.42 Å². The maximum Gasteiger partial charge on any atom is 0.130 e. The van der Waals surface area contributed by atoms with Crippen LogP contribution in [0.15, 0.2) is 48.5 Å². The van der Waals surface area contributed by atoms with Crippen molar-refractivity contribution in [2.45, 2.75) is 6.42 Å². The highest BCUT2D eigenvalue weighted by atomic mass is 16.5. The molecule has 1 aliphatic rings. The second-order valence-electron chi connectivity index (χ2n) is 3.49. The molecule has 0 fully saturated rings. The largest absolute Gasteiger partial charge is 0.457 e. The van der Waals surface area contributed by atoms with Crippen molar-refractivity contribution >= 4 is 0 Å². The van der Waals surface area contributed by atoms with Crippen molar-refractivity contribution < 1.29 is 10.2 Å². The van der Waals surface area contributed by atoms with E-state index in [1.54, 1.807) is 0 Å². The van der Waals surface area contributed by atoms with E-state index in [0.717, 1.165) is 17.9 Å². The molecule has 0 spiro atoms. The van der Waals surface area contributed by atoms with Crippen LogP contribution in [0.2, 0.25) is 0 Å². The van der Waals surface area contributed by atoms with E-state index in [-0.39, 0.29) is 5.48 Å². The Morgan fingerprint density at radius 1 is 0.733 bits per heavy atom. The molecule has 0 aliphatic carbocycles. The second kappa shape index (κ2) is 3.75. The smallest absolute Gasteiger partial charge is 0.130 e. The summed E-state index contributed by atoms with van der Waals surface area (Å²) in [7, 11) is 0. The van der Waals surface area contributed by atoms with Gasteiger partial charge in [0.15, 0.2) is 0 Å². The van der Waals surface area contributed by atoms with Gasteiger partial charge in [0.2, 0.25) is 0 Å². The van der Waals surface area contributed by atoms with Crippen LogP contribution < -0.4 is 4.74 Å². The summed E-state index contributed by atoms with van der Waals surface area (Å²) in [5, 5.41) is 0. The molecule has 3 rings (SSSR count). The lowest BCUT2D eigenvalue weighted by atomic mass is 10.0. The molecule has 2 aromatic rings. The van der Waals surface area contributed by atoms with E-state index >= 15 is 0 Å². The van der Waals surface area contributed by atoms with Crippen LogP contribution >= 0.6 is 0 Å². The molecule has 0 aromatic heterocycles. The Balaban J connectivity index is 0.000000853. The van der Waals surface area contributed by atoms with E-state index in [4.69, 9.17) is 4.74 Å². The predicted molar refractivity (Wildman–Crippen MR) is 59.4 cm³/mol. The topological polar surface area (TPSA) is 40.7 Å². The van der Waals surface area contributed by atoms with Gasteiger partial charge in [-0.25, -0.2) is 0 Å². The molecule has 0 radical (unpaired) electrons. The molecule has 1 aliphatic heterocycles. The highest BCUT2D eigenvalue weighted by Gasteiger charge is 2.14. The number of hydrogen-bond donors (Lipinski definition) is 0. The number of para-hydroxylation sites is 2. The summed E-state index contributed by atoms with van der Waals surface area (Å²) in [4.78, 5) is 0. The van der Waals surface area contributed by atoms with Gasteiger partial charge in [-0.2, -0.15) is 0 Å². The van der Waals surface area contributed by atoms with Gasteiger partial charge >= 0.3 is 0 Å². The SMILES string of the molecule is O.c1ccc2c(c1)Cc1ccccc1O2. The summed E-state index contributed by atoms with van der Waals surface area (Å²) in [6, 6.07) is 16.4. The summed E-state index contributed by atoms with van der Waals surface area (Å²) in [6.07, 6.45) is 0.979. The van der Waals surface area contributed by atoms with Gasteiger partial charge in [-0.05, 0) is 23.3 Å². The number of rotatable bonds is 0. The quantitative estimate of drug-likeness (QED) is 0.549. The number of benzene rings is 2. The molecular formula is C13H12O2. The zero-order valence-electron chi connectivity index (χ0n) is 8.23. The first kappa shape index (κ1) is 9.74. The predicted octanol–water partition coefficient (Wildman–Crippen LogP) is 2.56. The minimum absolute atomic E-state index is 0. The van der Waals surface area contributed by atoms with Crippen LogP contribution in [0.25, 0.3) is 0 Å². The maximum atomic E-state index is 5.78. The van der Waals surface area contributed by atoms with Crippen LogP contribution in [-0.2, 0) is 6.42 Å². The van der Waals surface area contributed by atoms with Crippen LogP contribution in [0.1, 0.15) is 11.1 Å². The monoisotopic (exact) mass is 200 g/mol. The molecule has 2 N–H and O–H groups in total. The minimum Gasteiger partial charge on any atom is -0.457 e. The summed E-state index contributed by atoms with van der Waals surface area (Å²) in [5.74, 6) is 1.98. The standard InChI is InChI=1S/C13H10O.H2O/c1-3-7-12-10(5-1)9-11-6-2-4-8-13(11)14-12;/h1-8H,9H2;1H2. The fourth-order valence-corrected chi connectivity index (χ4v) is 1.82. The second-order valence-corrected chi connectivity index (χ2v) is 3.49. The van der Waals surface area contributed by atoms with Crippen molar-refractivity contribution in [2.75, 3.05) is 0 Å². The zero-order chi connectivity index (χ0) is 9.38. The zero-order valence-corrected chi connectivity index (χ0v) is 8.23. The Hall–Kier alpha value is -1.80. The van der Waals surface area contributed by atoms with Crippen LogP contribution in [0.3, 0.4) is 0 Å². The molecule has 0 amide bonds. The average Bonchev–Trinajstić information content (AvgIpc) is 2.26. The minimum atomic E-state index is 0. The Morgan fingerprint density at radius 2 is 1.20 bits per heavy atom. The molecular weight excluding hydrogens is 188 g/mol. The Kier molecular flexibility index (Phi) is 2.44. The van der Waals surface area contributed by atoms with Gasteiger partial charge in [0.05, 0.1) is 0 Å². The molecule has 0 saturated heterocycles. The molecule has 0 bridgehead atoms. The lowest BCUT2D eigenvalue weighted by molar-refractivity contribution is 0.460. The first-order valence-electron chi connectivity index (χ1n) is 4.77. The number of ether oxygens (including phenoxy) is 1. The van der Waals surface area contributed by atoms with Gasteiger partial charge in [-0.3, -0.25) is 0 Å².